The monoisotopic (exact) mass is 346 g/mol. The molecule has 4 heteroatoms. The van der Waals surface area contributed by atoms with Crippen molar-refractivity contribution in [3.63, 3.8) is 0 Å². The molecule has 0 bridgehead atoms. The predicted octanol–water partition coefficient (Wildman–Crippen LogP) is 1.29. The first-order chi connectivity index (χ1) is 10.5. The molecule has 138 valence electrons. The second-order valence-electron chi connectivity index (χ2n) is 6.58. The third-order valence-electron chi connectivity index (χ3n) is 4.81. The van der Waals surface area contributed by atoms with Gasteiger partial charge in [0, 0.05) is 18.5 Å². The van der Waals surface area contributed by atoms with Gasteiger partial charge in [-0.15, -0.1) is 0 Å². The number of rotatable bonds is 14. The van der Waals surface area contributed by atoms with Gasteiger partial charge in [0.25, 0.3) is 0 Å². The molecule has 0 aliphatic carbocycles. The molecule has 3 nitrogen and oxygen atoms in total. The molecule has 0 radical (unpaired) electrons. The van der Waals surface area contributed by atoms with Gasteiger partial charge in [0.1, 0.15) is 0 Å². The Labute approximate surface area is 150 Å². The Balaban J connectivity index is 0. The van der Waals surface area contributed by atoms with Crippen LogP contribution >= 0.6 is 0 Å². The molecule has 1 amide bonds. The van der Waals surface area contributed by atoms with Gasteiger partial charge in [-0.25, -0.2) is 0 Å². The van der Waals surface area contributed by atoms with Crippen molar-refractivity contribution in [2.75, 3.05) is 32.7 Å². The van der Waals surface area contributed by atoms with Crippen molar-refractivity contribution >= 4 is 5.91 Å². The first-order valence-corrected chi connectivity index (χ1v) is 9.30. The average Bonchev–Trinajstić information content (AvgIpc) is 2.52. The Hall–Kier alpha value is -0.540. The zero-order valence-electron chi connectivity index (χ0n) is 15.9. The lowest BCUT2D eigenvalue weighted by Crippen LogP contribution is -3.00. The molecule has 0 aliphatic rings. The summed E-state index contributed by atoms with van der Waals surface area (Å²) in [5, 5.41) is 2.94. The molecular formula is C19H39ClN2O. The number of hydrogen-bond acceptors (Lipinski definition) is 1. The summed E-state index contributed by atoms with van der Waals surface area (Å²) in [6.07, 6.45) is 9.23. The second kappa shape index (κ2) is 15.0. The number of nitrogens with zero attached hydrogens (tertiary/aromatic N) is 1. The van der Waals surface area contributed by atoms with E-state index in [4.69, 9.17) is 0 Å². The molecule has 0 aromatic rings. The van der Waals surface area contributed by atoms with Gasteiger partial charge in [-0.1, -0.05) is 39.2 Å². The lowest BCUT2D eigenvalue weighted by molar-refractivity contribution is -0.925. The van der Waals surface area contributed by atoms with Crippen molar-refractivity contribution in [1.82, 2.24) is 5.32 Å². The average molecular weight is 347 g/mol. The van der Waals surface area contributed by atoms with Crippen molar-refractivity contribution in [2.24, 2.45) is 0 Å². The molecular weight excluding hydrogens is 308 g/mol. The highest BCUT2D eigenvalue weighted by atomic mass is 35.5. The van der Waals surface area contributed by atoms with Crippen LogP contribution in [-0.4, -0.2) is 43.1 Å². The maximum absolute atomic E-state index is 11.5. The number of carbonyl (C=O) groups excluding carboxylic acids is 1. The third kappa shape index (κ3) is 11.6. The van der Waals surface area contributed by atoms with Gasteiger partial charge in [0.15, 0.2) is 0 Å². The highest BCUT2D eigenvalue weighted by Crippen LogP contribution is 2.13. The van der Waals surface area contributed by atoms with Crippen LogP contribution in [0.2, 0.25) is 0 Å². The molecule has 0 aromatic carbocycles. The van der Waals surface area contributed by atoms with Gasteiger partial charge in [-0.3, -0.25) is 4.79 Å². The Morgan fingerprint density at radius 2 is 1.43 bits per heavy atom. The fourth-order valence-corrected chi connectivity index (χ4v) is 2.96. The van der Waals surface area contributed by atoms with Crippen molar-refractivity contribution in [2.45, 2.75) is 72.6 Å². The summed E-state index contributed by atoms with van der Waals surface area (Å²) >= 11 is 0. The molecule has 0 fully saturated rings. The minimum absolute atomic E-state index is 0. The Morgan fingerprint density at radius 1 is 0.913 bits per heavy atom. The summed E-state index contributed by atoms with van der Waals surface area (Å²) in [6.45, 7) is 17.9. The Kier molecular flexibility index (Phi) is 16.1. The third-order valence-corrected chi connectivity index (χ3v) is 4.81. The van der Waals surface area contributed by atoms with Crippen LogP contribution in [-0.2, 0) is 4.79 Å². The van der Waals surface area contributed by atoms with E-state index in [1.54, 1.807) is 6.92 Å². The number of quaternary nitrogens is 1. The van der Waals surface area contributed by atoms with Crippen LogP contribution in [0, 0.1) is 0 Å². The molecule has 0 atom stereocenters. The molecule has 0 aliphatic heterocycles. The van der Waals surface area contributed by atoms with Gasteiger partial charge in [-0.05, 0) is 33.6 Å². The SMILES string of the molecule is C=C(C)C(=O)NCCC[N+](CC)(CC)CCCCCCCC.[Cl-]. The number of hydrogen-bond donors (Lipinski definition) is 1. The summed E-state index contributed by atoms with van der Waals surface area (Å²) in [5.74, 6) is -0.0120. The van der Waals surface area contributed by atoms with Gasteiger partial charge in [0.2, 0.25) is 5.91 Å². The van der Waals surface area contributed by atoms with E-state index < -0.39 is 0 Å². The van der Waals surface area contributed by atoms with Gasteiger partial charge in [-0.2, -0.15) is 0 Å². The second-order valence-corrected chi connectivity index (χ2v) is 6.58. The van der Waals surface area contributed by atoms with E-state index in [-0.39, 0.29) is 18.3 Å². The summed E-state index contributed by atoms with van der Waals surface area (Å²) in [4.78, 5) is 11.5. The molecule has 0 saturated carbocycles. The van der Waals surface area contributed by atoms with Gasteiger partial charge >= 0.3 is 0 Å². The highest BCUT2D eigenvalue weighted by molar-refractivity contribution is 5.91. The number of amides is 1. The lowest BCUT2D eigenvalue weighted by Gasteiger charge is -2.37. The fourth-order valence-electron chi connectivity index (χ4n) is 2.96. The topological polar surface area (TPSA) is 29.1 Å². The molecule has 0 unspecified atom stereocenters. The first kappa shape index (κ1) is 24.7. The predicted molar refractivity (Wildman–Crippen MR) is 96.9 cm³/mol. The summed E-state index contributed by atoms with van der Waals surface area (Å²) in [5.41, 5.74) is 0.596. The minimum atomic E-state index is -0.0120. The maximum atomic E-state index is 11.5. The summed E-state index contributed by atoms with van der Waals surface area (Å²) in [6, 6.07) is 0. The molecule has 0 spiro atoms. The van der Waals surface area contributed by atoms with E-state index in [2.05, 4.69) is 32.7 Å². The van der Waals surface area contributed by atoms with E-state index in [9.17, 15) is 4.79 Å². The number of nitrogens with one attached hydrogen (secondary N) is 1. The smallest absolute Gasteiger partial charge is 0.246 e. The molecule has 0 aromatic heterocycles. The minimum Gasteiger partial charge on any atom is -1.00 e. The zero-order valence-corrected chi connectivity index (χ0v) is 16.7. The molecule has 0 heterocycles. The Bertz CT molecular complexity index is 314. The Morgan fingerprint density at radius 3 is 1.96 bits per heavy atom. The summed E-state index contributed by atoms with van der Waals surface area (Å²) in [7, 11) is 0. The normalized spacial score (nSPS) is 11.0. The fraction of sp³-hybridized carbons (Fsp3) is 0.842. The quantitative estimate of drug-likeness (QED) is 0.286. The van der Waals surface area contributed by atoms with Crippen LogP contribution in [0.15, 0.2) is 12.2 Å². The van der Waals surface area contributed by atoms with Crippen molar-refractivity contribution in [3.05, 3.63) is 12.2 Å². The van der Waals surface area contributed by atoms with E-state index in [0.717, 1.165) is 13.0 Å². The molecule has 0 rings (SSSR count). The van der Waals surface area contributed by atoms with Crippen molar-refractivity contribution < 1.29 is 21.7 Å². The van der Waals surface area contributed by atoms with Crippen LogP contribution in [0.3, 0.4) is 0 Å². The highest BCUT2D eigenvalue weighted by Gasteiger charge is 2.21. The standard InChI is InChI=1S/C19H38N2O.ClH/c1-6-9-10-11-12-13-16-21(7-2,8-3)17-14-15-20-19(22)18(4)5;/h4,6-17H2,1-3,5H3;1H. The van der Waals surface area contributed by atoms with Gasteiger partial charge in [0.05, 0.1) is 26.2 Å². The number of unbranched alkanes of at least 4 members (excludes halogenated alkanes) is 5. The lowest BCUT2D eigenvalue weighted by atomic mass is 10.1. The van der Waals surface area contributed by atoms with Gasteiger partial charge < -0.3 is 22.2 Å². The van der Waals surface area contributed by atoms with Crippen molar-refractivity contribution in [3.8, 4) is 0 Å². The zero-order chi connectivity index (χ0) is 16.8. The van der Waals surface area contributed by atoms with Crippen LogP contribution in [0.4, 0.5) is 0 Å². The maximum Gasteiger partial charge on any atom is 0.246 e. The van der Waals surface area contributed by atoms with E-state index in [0.29, 0.717) is 5.57 Å². The largest absolute Gasteiger partial charge is 1.00 e. The van der Waals surface area contributed by atoms with Crippen LogP contribution in [0.25, 0.3) is 0 Å². The van der Waals surface area contributed by atoms with Crippen LogP contribution in [0.1, 0.15) is 72.6 Å². The van der Waals surface area contributed by atoms with Crippen LogP contribution < -0.4 is 17.7 Å². The number of halogens is 1. The van der Waals surface area contributed by atoms with E-state index in [1.165, 1.54) is 69.2 Å². The molecule has 1 N–H and O–H groups in total. The van der Waals surface area contributed by atoms with E-state index >= 15 is 0 Å². The number of carbonyl (C=O) groups is 1. The summed E-state index contributed by atoms with van der Waals surface area (Å²) < 4.78 is 1.19. The van der Waals surface area contributed by atoms with Crippen LogP contribution in [0.5, 0.6) is 0 Å². The van der Waals surface area contributed by atoms with E-state index in [1.807, 2.05) is 0 Å². The molecule has 23 heavy (non-hydrogen) atoms. The first-order valence-electron chi connectivity index (χ1n) is 9.30. The van der Waals surface area contributed by atoms with Crippen molar-refractivity contribution in [1.29, 1.82) is 0 Å². The molecule has 0 saturated heterocycles.